The van der Waals surface area contributed by atoms with Gasteiger partial charge in [0.05, 0.1) is 12.0 Å². The molecule has 0 bridgehead atoms. The SMILES string of the molecule is COC1CN(C(=O)C2CCC(C(F)(F)F)CN2)CC1OC. The summed E-state index contributed by atoms with van der Waals surface area (Å²) in [6.45, 7) is 0.624. The van der Waals surface area contributed by atoms with Crippen molar-refractivity contribution in [2.45, 2.75) is 37.3 Å². The number of amides is 1. The molecule has 0 aromatic carbocycles. The third-order valence-corrected chi connectivity index (χ3v) is 4.31. The second-order valence-corrected chi connectivity index (χ2v) is 5.57. The molecule has 21 heavy (non-hydrogen) atoms. The van der Waals surface area contributed by atoms with Gasteiger partial charge in [0.2, 0.25) is 5.91 Å². The maximum atomic E-state index is 12.6. The maximum absolute atomic E-state index is 12.6. The molecule has 122 valence electrons. The van der Waals surface area contributed by atoms with Gasteiger partial charge in [-0.3, -0.25) is 4.79 Å². The summed E-state index contributed by atoms with van der Waals surface area (Å²) in [5.41, 5.74) is 0. The first-order chi connectivity index (χ1) is 9.86. The Balaban J connectivity index is 1.88. The minimum atomic E-state index is -4.20. The molecular formula is C13H21F3N2O3. The summed E-state index contributed by atoms with van der Waals surface area (Å²) in [7, 11) is 3.11. The number of nitrogens with one attached hydrogen (secondary N) is 1. The fraction of sp³-hybridized carbons (Fsp3) is 0.923. The number of carbonyl (C=O) groups excluding carboxylic acids is 1. The molecule has 2 heterocycles. The first-order valence-corrected chi connectivity index (χ1v) is 7.01. The molecule has 4 unspecified atom stereocenters. The molecule has 0 saturated carbocycles. The summed E-state index contributed by atoms with van der Waals surface area (Å²) in [5, 5.41) is 2.73. The summed E-state index contributed by atoms with van der Waals surface area (Å²) in [6, 6.07) is -0.545. The van der Waals surface area contributed by atoms with E-state index in [0.29, 0.717) is 13.1 Å². The Morgan fingerprint density at radius 2 is 1.71 bits per heavy atom. The minimum absolute atomic E-state index is 0.0117. The number of halogens is 3. The van der Waals surface area contributed by atoms with E-state index >= 15 is 0 Å². The Labute approximate surface area is 121 Å². The Hall–Kier alpha value is -0.860. The van der Waals surface area contributed by atoms with Crippen LogP contribution in [-0.2, 0) is 14.3 Å². The monoisotopic (exact) mass is 310 g/mol. The van der Waals surface area contributed by atoms with Crippen molar-refractivity contribution in [1.82, 2.24) is 10.2 Å². The van der Waals surface area contributed by atoms with Crippen molar-refractivity contribution in [1.29, 1.82) is 0 Å². The summed E-state index contributed by atoms with van der Waals surface area (Å²) >= 11 is 0. The minimum Gasteiger partial charge on any atom is -0.377 e. The quantitative estimate of drug-likeness (QED) is 0.837. The maximum Gasteiger partial charge on any atom is 0.393 e. The van der Waals surface area contributed by atoms with Gasteiger partial charge in [0.25, 0.3) is 0 Å². The Bertz CT molecular complexity index is 358. The third kappa shape index (κ3) is 3.67. The molecule has 2 aliphatic heterocycles. The van der Waals surface area contributed by atoms with E-state index in [0.717, 1.165) is 0 Å². The number of hydrogen-bond acceptors (Lipinski definition) is 4. The van der Waals surface area contributed by atoms with Crippen LogP contribution in [0, 0.1) is 5.92 Å². The number of methoxy groups -OCH3 is 2. The van der Waals surface area contributed by atoms with E-state index in [4.69, 9.17) is 9.47 Å². The van der Waals surface area contributed by atoms with Crippen LogP contribution in [0.3, 0.4) is 0 Å². The number of ether oxygens (including phenoxy) is 2. The lowest BCUT2D eigenvalue weighted by atomic mass is 9.93. The fourth-order valence-electron chi connectivity index (χ4n) is 2.94. The van der Waals surface area contributed by atoms with Crippen molar-refractivity contribution in [3.63, 3.8) is 0 Å². The van der Waals surface area contributed by atoms with Crippen LogP contribution in [0.25, 0.3) is 0 Å². The zero-order valence-electron chi connectivity index (χ0n) is 12.2. The number of alkyl halides is 3. The largest absolute Gasteiger partial charge is 0.393 e. The van der Waals surface area contributed by atoms with Gasteiger partial charge in [-0.25, -0.2) is 0 Å². The first kappa shape index (κ1) is 16.5. The number of rotatable bonds is 3. The fourth-order valence-corrected chi connectivity index (χ4v) is 2.94. The molecule has 0 aromatic heterocycles. The highest BCUT2D eigenvalue weighted by atomic mass is 19.4. The highest BCUT2D eigenvalue weighted by Gasteiger charge is 2.44. The van der Waals surface area contributed by atoms with Crippen molar-refractivity contribution in [3.05, 3.63) is 0 Å². The standard InChI is InChI=1S/C13H21F3N2O3/c1-20-10-6-18(7-11(10)21-2)12(19)9-4-3-8(5-17-9)13(14,15)16/h8-11,17H,3-7H2,1-2H3. The van der Waals surface area contributed by atoms with Crippen LogP contribution in [0.4, 0.5) is 13.2 Å². The number of nitrogens with zero attached hydrogens (tertiary/aromatic N) is 1. The molecule has 1 amide bonds. The van der Waals surface area contributed by atoms with Gasteiger partial charge in [0.15, 0.2) is 0 Å². The van der Waals surface area contributed by atoms with Gasteiger partial charge < -0.3 is 19.7 Å². The van der Waals surface area contributed by atoms with E-state index in [1.54, 1.807) is 19.1 Å². The lowest BCUT2D eigenvalue weighted by molar-refractivity contribution is -0.180. The van der Waals surface area contributed by atoms with Crippen LogP contribution in [-0.4, -0.2) is 69.1 Å². The van der Waals surface area contributed by atoms with Crippen molar-refractivity contribution in [2.24, 2.45) is 5.92 Å². The molecule has 5 nitrogen and oxygen atoms in total. The van der Waals surface area contributed by atoms with E-state index in [1.807, 2.05) is 0 Å². The van der Waals surface area contributed by atoms with Gasteiger partial charge in [0.1, 0.15) is 12.2 Å². The first-order valence-electron chi connectivity index (χ1n) is 7.01. The summed E-state index contributed by atoms with van der Waals surface area (Å²) in [6.07, 6.45) is -4.38. The second-order valence-electron chi connectivity index (χ2n) is 5.57. The normalized spacial score (nSPS) is 34.2. The van der Waals surface area contributed by atoms with E-state index in [1.165, 1.54) is 0 Å². The molecule has 2 saturated heterocycles. The molecule has 2 fully saturated rings. The predicted molar refractivity (Wildman–Crippen MR) is 68.7 cm³/mol. The Kier molecular flexibility index (Phi) is 5.11. The van der Waals surface area contributed by atoms with Crippen molar-refractivity contribution >= 4 is 5.91 Å². The van der Waals surface area contributed by atoms with E-state index in [-0.39, 0.29) is 37.5 Å². The number of hydrogen-bond donors (Lipinski definition) is 1. The van der Waals surface area contributed by atoms with Crippen LogP contribution in [0.5, 0.6) is 0 Å². The van der Waals surface area contributed by atoms with Crippen LogP contribution >= 0.6 is 0 Å². The average Bonchev–Trinajstić information content (AvgIpc) is 2.89. The van der Waals surface area contributed by atoms with Crippen LogP contribution < -0.4 is 5.32 Å². The van der Waals surface area contributed by atoms with Crippen LogP contribution in [0.1, 0.15) is 12.8 Å². The zero-order valence-corrected chi connectivity index (χ0v) is 12.2. The lowest BCUT2D eigenvalue weighted by Crippen LogP contribution is -2.52. The van der Waals surface area contributed by atoms with Crippen LogP contribution in [0.2, 0.25) is 0 Å². The molecular weight excluding hydrogens is 289 g/mol. The van der Waals surface area contributed by atoms with Crippen molar-refractivity contribution in [2.75, 3.05) is 33.9 Å². The third-order valence-electron chi connectivity index (χ3n) is 4.31. The average molecular weight is 310 g/mol. The summed E-state index contributed by atoms with van der Waals surface area (Å²) < 4.78 is 48.3. The molecule has 2 rings (SSSR count). The topological polar surface area (TPSA) is 50.8 Å². The highest BCUT2D eigenvalue weighted by Crippen LogP contribution is 2.32. The molecule has 2 aliphatic rings. The molecule has 0 aromatic rings. The highest BCUT2D eigenvalue weighted by molar-refractivity contribution is 5.82. The van der Waals surface area contributed by atoms with Gasteiger partial charge in [-0.15, -0.1) is 0 Å². The van der Waals surface area contributed by atoms with E-state index in [2.05, 4.69) is 5.32 Å². The Morgan fingerprint density at radius 3 is 2.10 bits per heavy atom. The van der Waals surface area contributed by atoms with Gasteiger partial charge in [-0.1, -0.05) is 0 Å². The molecule has 0 aliphatic carbocycles. The van der Waals surface area contributed by atoms with Gasteiger partial charge >= 0.3 is 6.18 Å². The molecule has 8 heteroatoms. The molecule has 4 atom stereocenters. The molecule has 0 radical (unpaired) electrons. The van der Waals surface area contributed by atoms with Crippen molar-refractivity contribution < 1.29 is 27.4 Å². The van der Waals surface area contributed by atoms with E-state index < -0.39 is 18.1 Å². The van der Waals surface area contributed by atoms with Gasteiger partial charge in [0, 0.05) is 33.9 Å². The number of likely N-dealkylation sites (tertiary alicyclic amines) is 1. The predicted octanol–water partition coefficient (Wildman–Crippen LogP) is 0.789. The van der Waals surface area contributed by atoms with Gasteiger partial charge in [-0.2, -0.15) is 13.2 Å². The summed E-state index contributed by atoms with van der Waals surface area (Å²) in [4.78, 5) is 14.0. The second kappa shape index (κ2) is 6.50. The van der Waals surface area contributed by atoms with E-state index in [9.17, 15) is 18.0 Å². The smallest absolute Gasteiger partial charge is 0.377 e. The zero-order chi connectivity index (χ0) is 15.6. The Morgan fingerprint density at radius 1 is 1.14 bits per heavy atom. The molecule has 1 N–H and O–H groups in total. The van der Waals surface area contributed by atoms with Gasteiger partial charge in [-0.05, 0) is 12.8 Å². The lowest BCUT2D eigenvalue weighted by Gasteiger charge is -2.32. The van der Waals surface area contributed by atoms with Crippen LogP contribution in [0.15, 0.2) is 0 Å². The molecule has 0 spiro atoms. The number of piperidine rings is 1. The van der Waals surface area contributed by atoms with Crippen molar-refractivity contribution in [3.8, 4) is 0 Å². The summed E-state index contributed by atoms with van der Waals surface area (Å²) in [5.74, 6) is -1.53. The number of carbonyl (C=O) groups is 1.